The molecule has 116 valence electrons. The van der Waals surface area contributed by atoms with E-state index in [4.69, 9.17) is 0 Å². The van der Waals surface area contributed by atoms with Gasteiger partial charge in [0.25, 0.3) is 0 Å². The van der Waals surface area contributed by atoms with E-state index >= 15 is 0 Å². The molecule has 2 heterocycles. The Morgan fingerprint density at radius 3 is 2.77 bits per heavy atom. The Labute approximate surface area is 134 Å². The van der Waals surface area contributed by atoms with Crippen molar-refractivity contribution in [3.63, 3.8) is 0 Å². The summed E-state index contributed by atoms with van der Waals surface area (Å²) < 4.78 is 13.1. The van der Waals surface area contributed by atoms with E-state index in [2.05, 4.69) is 0 Å². The minimum atomic E-state index is -0.206. The third-order valence-electron chi connectivity index (χ3n) is 4.27. The number of carbonyl (C=O) groups is 1. The van der Waals surface area contributed by atoms with Gasteiger partial charge in [0.1, 0.15) is 5.82 Å². The average Bonchev–Trinajstić information content (AvgIpc) is 2.90. The second-order valence-electron chi connectivity index (χ2n) is 5.84. The molecule has 1 saturated heterocycles. The van der Waals surface area contributed by atoms with E-state index in [1.165, 1.54) is 12.1 Å². The Morgan fingerprint density at radius 2 is 2.05 bits per heavy atom. The van der Waals surface area contributed by atoms with Crippen LogP contribution in [0.4, 0.5) is 4.39 Å². The van der Waals surface area contributed by atoms with Crippen LogP contribution in [0.15, 0.2) is 41.8 Å². The molecule has 1 aliphatic heterocycles. The molecule has 2 nitrogen and oxygen atoms in total. The maximum atomic E-state index is 13.1. The van der Waals surface area contributed by atoms with Crippen molar-refractivity contribution < 1.29 is 9.18 Å². The van der Waals surface area contributed by atoms with Crippen molar-refractivity contribution in [2.75, 3.05) is 13.1 Å². The Balaban J connectivity index is 1.69. The van der Waals surface area contributed by atoms with Crippen molar-refractivity contribution >= 4 is 17.2 Å². The third kappa shape index (κ3) is 3.74. The van der Waals surface area contributed by atoms with Crippen LogP contribution in [0.1, 0.15) is 35.6 Å². The standard InChI is InChI=1S/C18H20FNOS/c19-16-8-6-14(7-9-16)15-4-1-2-10-20(13-15)18(21)12-17-5-3-11-22-17/h3,5-9,11,15H,1-2,4,10,12-13H2/t15-/m0/s1. The van der Waals surface area contributed by atoms with Gasteiger partial charge in [0.05, 0.1) is 6.42 Å². The third-order valence-corrected chi connectivity index (χ3v) is 5.15. The van der Waals surface area contributed by atoms with Crippen LogP contribution in [0.5, 0.6) is 0 Å². The lowest BCUT2D eigenvalue weighted by Gasteiger charge is -2.24. The van der Waals surface area contributed by atoms with Gasteiger partial charge in [-0.15, -0.1) is 11.3 Å². The number of rotatable bonds is 3. The summed E-state index contributed by atoms with van der Waals surface area (Å²) in [7, 11) is 0. The summed E-state index contributed by atoms with van der Waals surface area (Å²) in [6, 6.07) is 10.7. The van der Waals surface area contributed by atoms with Gasteiger partial charge in [0.2, 0.25) is 5.91 Å². The van der Waals surface area contributed by atoms with E-state index in [1.807, 2.05) is 34.5 Å². The Morgan fingerprint density at radius 1 is 1.23 bits per heavy atom. The van der Waals surface area contributed by atoms with Gasteiger partial charge in [-0.2, -0.15) is 0 Å². The van der Waals surface area contributed by atoms with Crippen molar-refractivity contribution in [1.29, 1.82) is 0 Å². The molecule has 0 radical (unpaired) electrons. The number of carbonyl (C=O) groups excluding carboxylic acids is 1. The Bertz CT molecular complexity index is 609. The fourth-order valence-corrected chi connectivity index (χ4v) is 3.75. The lowest BCUT2D eigenvalue weighted by atomic mass is 9.94. The maximum absolute atomic E-state index is 13.1. The first kappa shape index (κ1) is 15.2. The van der Waals surface area contributed by atoms with Crippen molar-refractivity contribution in [3.05, 3.63) is 58.0 Å². The summed E-state index contributed by atoms with van der Waals surface area (Å²) >= 11 is 1.63. The summed E-state index contributed by atoms with van der Waals surface area (Å²) in [5.74, 6) is 0.315. The number of hydrogen-bond acceptors (Lipinski definition) is 2. The molecular formula is C18H20FNOS. The van der Waals surface area contributed by atoms with E-state index in [0.717, 1.165) is 42.8 Å². The highest BCUT2D eigenvalue weighted by molar-refractivity contribution is 7.10. The molecule has 1 fully saturated rings. The van der Waals surface area contributed by atoms with Crippen LogP contribution in [0.25, 0.3) is 0 Å². The summed E-state index contributed by atoms with van der Waals surface area (Å²) in [6.45, 7) is 1.58. The average molecular weight is 317 g/mol. The summed E-state index contributed by atoms with van der Waals surface area (Å²) in [6.07, 6.45) is 3.72. The molecule has 1 aromatic heterocycles. The zero-order chi connectivity index (χ0) is 15.4. The Kier molecular flexibility index (Phi) is 4.88. The van der Waals surface area contributed by atoms with E-state index in [9.17, 15) is 9.18 Å². The van der Waals surface area contributed by atoms with E-state index in [0.29, 0.717) is 12.3 Å². The number of amides is 1. The first-order chi connectivity index (χ1) is 10.7. The van der Waals surface area contributed by atoms with Gasteiger partial charge < -0.3 is 4.90 Å². The van der Waals surface area contributed by atoms with Crippen LogP contribution in [0.3, 0.4) is 0 Å². The van der Waals surface area contributed by atoms with Gasteiger partial charge in [0.15, 0.2) is 0 Å². The Hall–Kier alpha value is -1.68. The minimum Gasteiger partial charge on any atom is -0.342 e. The van der Waals surface area contributed by atoms with Gasteiger partial charge in [-0.05, 0) is 42.0 Å². The first-order valence-corrected chi connectivity index (χ1v) is 8.66. The van der Waals surface area contributed by atoms with Gasteiger partial charge in [-0.3, -0.25) is 4.79 Å². The summed E-state index contributed by atoms with van der Waals surface area (Å²) in [5, 5.41) is 2.01. The van der Waals surface area contributed by atoms with Crippen LogP contribution in [-0.2, 0) is 11.2 Å². The van der Waals surface area contributed by atoms with Crippen LogP contribution in [-0.4, -0.2) is 23.9 Å². The molecule has 22 heavy (non-hydrogen) atoms. The number of benzene rings is 1. The molecule has 0 spiro atoms. The topological polar surface area (TPSA) is 20.3 Å². The molecule has 0 aliphatic carbocycles. The molecule has 0 bridgehead atoms. The molecule has 0 N–H and O–H groups in total. The van der Waals surface area contributed by atoms with E-state index < -0.39 is 0 Å². The van der Waals surface area contributed by atoms with Crippen molar-refractivity contribution in [3.8, 4) is 0 Å². The van der Waals surface area contributed by atoms with Crippen molar-refractivity contribution in [2.45, 2.75) is 31.6 Å². The van der Waals surface area contributed by atoms with E-state index in [1.54, 1.807) is 11.3 Å². The highest BCUT2D eigenvalue weighted by Crippen LogP contribution is 2.27. The quantitative estimate of drug-likeness (QED) is 0.830. The maximum Gasteiger partial charge on any atom is 0.227 e. The monoisotopic (exact) mass is 317 g/mol. The number of hydrogen-bond donors (Lipinski definition) is 0. The fraction of sp³-hybridized carbons (Fsp3) is 0.389. The lowest BCUT2D eigenvalue weighted by Crippen LogP contribution is -2.35. The van der Waals surface area contributed by atoms with Gasteiger partial charge in [-0.1, -0.05) is 24.6 Å². The summed E-state index contributed by atoms with van der Waals surface area (Å²) in [5.41, 5.74) is 1.14. The molecule has 1 aliphatic rings. The van der Waals surface area contributed by atoms with Crippen LogP contribution >= 0.6 is 11.3 Å². The van der Waals surface area contributed by atoms with Gasteiger partial charge >= 0.3 is 0 Å². The SMILES string of the molecule is O=C(Cc1cccs1)N1CCCC[C@H](c2ccc(F)cc2)C1. The zero-order valence-electron chi connectivity index (χ0n) is 12.5. The van der Waals surface area contributed by atoms with Gasteiger partial charge in [-0.25, -0.2) is 4.39 Å². The first-order valence-electron chi connectivity index (χ1n) is 7.78. The molecule has 1 aromatic carbocycles. The highest BCUT2D eigenvalue weighted by atomic mass is 32.1. The molecule has 2 aromatic rings. The number of halogens is 1. The minimum absolute atomic E-state index is 0.205. The molecule has 4 heteroatoms. The predicted molar refractivity (Wildman–Crippen MR) is 87.6 cm³/mol. The van der Waals surface area contributed by atoms with Crippen molar-refractivity contribution in [1.82, 2.24) is 4.90 Å². The highest BCUT2D eigenvalue weighted by Gasteiger charge is 2.23. The molecule has 1 amide bonds. The van der Waals surface area contributed by atoms with Crippen LogP contribution in [0.2, 0.25) is 0 Å². The van der Waals surface area contributed by atoms with Gasteiger partial charge in [0, 0.05) is 23.9 Å². The lowest BCUT2D eigenvalue weighted by molar-refractivity contribution is -0.130. The van der Waals surface area contributed by atoms with Crippen LogP contribution < -0.4 is 0 Å². The van der Waals surface area contributed by atoms with E-state index in [-0.39, 0.29) is 11.7 Å². The normalized spacial score (nSPS) is 19.0. The summed E-state index contributed by atoms with van der Waals surface area (Å²) in [4.78, 5) is 15.6. The number of likely N-dealkylation sites (tertiary alicyclic amines) is 1. The molecule has 0 unspecified atom stereocenters. The molecular weight excluding hydrogens is 297 g/mol. The molecule has 1 atom stereocenters. The smallest absolute Gasteiger partial charge is 0.227 e. The second-order valence-corrected chi connectivity index (χ2v) is 6.87. The number of thiophene rings is 1. The zero-order valence-corrected chi connectivity index (χ0v) is 13.3. The molecule has 3 rings (SSSR count). The predicted octanol–water partition coefficient (Wildman–Crippen LogP) is 4.23. The number of nitrogens with zero attached hydrogens (tertiary/aromatic N) is 1. The molecule has 0 saturated carbocycles. The second kappa shape index (κ2) is 7.05. The van der Waals surface area contributed by atoms with Crippen molar-refractivity contribution in [2.24, 2.45) is 0 Å². The van der Waals surface area contributed by atoms with Crippen LogP contribution in [0, 0.1) is 5.82 Å². The largest absolute Gasteiger partial charge is 0.342 e. The fourth-order valence-electron chi connectivity index (χ4n) is 3.05.